The molecule has 6 heteroatoms. The first-order valence-electron chi connectivity index (χ1n) is 13.9. The Morgan fingerprint density at radius 1 is 1.14 bits per heavy atom. The molecule has 0 radical (unpaired) electrons. The minimum absolute atomic E-state index is 0.0231. The van der Waals surface area contributed by atoms with E-state index in [4.69, 9.17) is 9.47 Å². The number of carbonyl (C=O) groups excluding carboxylic acids is 2. The fraction of sp³-hybridized carbons (Fsp3) is 0.667. The lowest BCUT2D eigenvalue weighted by Gasteiger charge is -2.56. The van der Waals surface area contributed by atoms with Crippen molar-refractivity contribution in [2.45, 2.75) is 84.2 Å². The number of amides is 2. The molecule has 2 amide bonds. The highest BCUT2D eigenvalue weighted by Gasteiger charge is 2.50. The molecule has 1 N–H and O–H groups in total. The van der Waals surface area contributed by atoms with Crippen LogP contribution in [0.5, 0.6) is 11.5 Å². The zero-order valence-corrected chi connectivity index (χ0v) is 22.2. The predicted molar refractivity (Wildman–Crippen MR) is 140 cm³/mol. The number of rotatable bonds is 9. The number of nitrogens with zero attached hydrogens (tertiary/aromatic N) is 1. The van der Waals surface area contributed by atoms with Gasteiger partial charge in [-0.15, -0.1) is 0 Å². The van der Waals surface area contributed by atoms with Crippen LogP contribution < -0.4 is 14.8 Å². The summed E-state index contributed by atoms with van der Waals surface area (Å²) in [6.45, 7) is 6.54. The van der Waals surface area contributed by atoms with Crippen molar-refractivity contribution in [3.05, 3.63) is 35.4 Å². The molecule has 36 heavy (non-hydrogen) atoms. The molecule has 3 atom stereocenters. The maximum absolute atomic E-state index is 13.4. The predicted octanol–water partition coefficient (Wildman–Crippen LogP) is 5.25. The molecule has 1 aliphatic heterocycles. The minimum Gasteiger partial charge on any atom is -0.493 e. The average Bonchev–Trinajstić information content (AvgIpc) is 3.06. The van der Waals surface area contributed by atoms with Gasteiger partial charge in [0.2, 0.25) is 11.8 Å². The van der Waals surface area contributed by atoms with Crippen molar-refractivity contribution >= 4 is 11.8 Å². The summed E-state index contributed by atoms with van der Waals surface area (Å²) < 4.78 is 11.9. The fourth-order valence-corrected chi connectivity index (χ4v) is 6.61. The molecule has 6 nitrogen and oxygen atoms in total. The Morgan fingerprint density at radius 2 is 1.97 bits per heavy atom. The van der Waals surface area contributed by atoms with E-state index in [2.05, 4.69) is 25.2 Å². The number of hydrogen-bond donors (Lipinski definition) is 1. The molecule has 0 aromatic heterocycles. The lowest BCUT2D eigenvalue weighted by Crippen LogP contribution is -2.51. The maximum atomic E-state index is 13.4. The van der Waals surface area contributed by atoms with E-state index in [9.17, 15) is 9.59 Å². The summed E-state index contributed by atoms with van der Waals surface area (Å²) in [5.74, 6) is 3.09. The first-order valence-corrected chi connectivity index (χ1v) is 13.9. The van der Waals surface area contributed by atoms with Gasteiger partial charge in [-0.3, -0.25) is 9.59 Å². The van der Waals surface area contributed by atoms with Gasteiger partial charge in [0.05, 0.1) is 13.7 Å². The van der Waals surface area contributed by atoms with Gasteiger partial charge < -0.3 is 19.7 Å². The van der Waals surface area contributed by atoms with E-state index in [0.717, 1.165) is 62.2 Å². The van der Waals surface area contributed by atoms with E-state index in [1.165, 1.54) is 12.8 Å². The number of carbonyl (C=O) groups is 2. The van der Waals surface area contributed by atoms with Gasteiger partial charge in [-0.05, 0) is 79.9 Å². The molecule has 6 rings (SSSR count). The van der Waals surface area contributed by atoms with Crippen molar-refractivity contribution in [3.8, 4) is 11.5 Å². The molecule has 5 aliphatic rings. The van der Waals surface area contributed by atoms with Crippen LogP contribution in [0.15, 0.2) is 29.8 Å². The van der Waals surface area contributed by atoms with Gasteiger partial charge in [0.25, 0.3) is 0 Å². The molecule has 2 saturated carbocycles. The maximum Gasteiger partial charge on any atom is 0.242 e. The molecule has 0 unspecified atom stereocenters. The van der Waals surface area contributed by atoms with Gasteiger partial charge >= 0.3 is 0 Å². The van der Waals surface area contributed by atoms with Crippen molar-refractivity contribution in [2.75, 3.05) is 20.3 Å². The van der Waals surface area contributed by atoms with E-state index < -0.39 is 6.04 Å². The standard InChI is InChI=1S/C30H42N2O4/c1-30(2)23-12-11-21(24(30)18-23)14-16-36-26-13-10-20(17-27(26)35-3)19-32(29(34)22-7-6-8-22)25-9-4-5-15-31-28(25)33/h10-11,13,17,22-25H,4-9,12,14-16,18-19H2,1-3H3,(H,31,33)/t23-,24-,25-/m0/s1. The normalized spacial score (nSPS) is 27.0. The molecule has 1 heterocycles. The van der Waals surface area contributed by atoms with Gasteiger partial charge in [-0.2, -0.15) is 0 Å². The van der Waals surface area contributed by atoms with Gasteiger partial charge in [-0.25, -0.2) is 0 Å². The second kappa shape index (κ2) is 10.5. The fourth-order valence-electron chi connectivity index (χ4n) is 6.61. The summed E-state index contributed by atoms with van der Waals surface area (Å²) in [6.07, 6.45) is 11.5. The van der Waals surface area contributed by atoms with E-state index in [-0.39, 0.29) is 17.7 Å². The summed E-state index contributed by atoms with van der Waals surface area (Å²) in [5, 5.41) is 3.00. The van der Waals surface area contributed by atoms with Crippen molar-refractivity contribution in [2.24, 2.45) is 23.2 Å². The van der Waals surface area contributed by atoms with E-state index in [0.29, 0.717) is 36.8 Å². The lowest BCUT2D eigenvalue weighted by atomic mass is 9.48. The highest BCUT2D eigenvalue weighted by Crippen LogP contribution is 2.59. The smallest absolute Gasteiger partial charge is 0.242 e. The number of ether oxygens (including phenoxy) is 2. The molecule has 1 aromatic rings. The van der Waals surface area contributed by atoms with E-state index >= 15 is 0 Å². The number of methoxy groups -OCH3 is 1. The summed E-state index contributed by atoms with van der Waals surface area (Å²) >= 11 is 0. The molecular weight excluding hydrogens is 452 g/mol. The summed E-state index contributed by atoms with van der Waals surface area (Å²) in [7, 11) is 1.66. The molecular formula is C30H42N2O4. The SMILES string of the molecule is COc1cc(CN(C(=O)C2CCC2)[C@H]2CCCCNC2=O)ccc1OCCC1=CC[C@H]2C[C@@H]1C2(C)C. The first kappa shape index (κ1) is 25.2. The van der Waals surface area contributed by atoms with E-state index in [1.54, 1.807) is 12.7 Å². The Labute approximate surface area is 215 Å². The zero-order chi connectivity index (χ0) is 25.3. The van der Waals surface area contributed by atoms with Crippen LogP contribution in [0.2, 0.25) is 0 Å². The average molecular weight is 495 g/mol. The third kappa shape index (κ3) is 4.88. The topological polar surface area (TPSA) is 67.9 Å². The molecule has 2 bridgehead atoms. The second-order valence-electron chi connectivity index (χ2n) is 11.8. The molecule has 3 fully saturated rings. The number of benzene rings is 1. The van der Waals surface area contributed by atoms with Crippen molar-refractivity contribution in [1.82, 2.24) is 10.2 Å². The highest BCUT2D eigenvalue weighted by molar-refractivity contribution is 5.89. The molecule has 1 saturated heterocycles. The molecule has 4 aliphatic carbocycles. The van der Waals surface area contributed by atoms with Crippen LogP contribution >= 0.6 is 0 Å². The molecule has 1 aromatic carbocycles. The summed E-state index contributed by atoms with van der Waals surface area (Å²) in [6, 6.07) is 5.52. The van der Waals surface area contributed by atoms with Crippen LogP contribution in [0.1, 0.15) is 77.2 Å². The number of nitrogens with one attached hydrogen (secondary N) is 1. The number of allylic oxidation sites excluding steroid dienone is 1. The third-order valence-electron chi connectivity index (χ3n) is 9.43. The first-order chi connectivity index (χ1) is 17.4. The number of hydrogen-bond acceptors (Lipinski definition) is 4. The van der Waals surface area contributed by atoms with Crippen LogP contribution in [-0.4, -0.2) is 43.0 Å². The Bertz CT molecular complexity index is 1010. The monoisotopic (exact) mass is 494 g/mol. The van der Waals surface area contributed by atoms with Crippen molar-refractivity contribution in [3.63, 3.8) is 0 Å². The van der Waals surface area contributed by atoms with Gasteiger partial charge in [-0.1, -0.05) is 38.0 Å². The Morgan fingerprint density at radius 3 is 2.67 bits per heavy atom. The molecule has 196 valence electrons. The Kier molecular flexibility index (Phi) is 7.32. The van der Waals surface area contributed by atoms with Gasteiger partial charge in [0.1, 0.15) is 6.04 Å². The summed E-state index contributed by atoms with van der Waals surface area (Å²) in [5.41, 5.74) is 2.94. The van der Waals surface area contributed by atoms with Crippen LogP contribution in [-0.2, 0) is 16.1 Å². The third-order valence-corrected chi connectivity index (χ3v) is 9.43. The lowest BCUT2D eigenvalue weighted by molar-refractivity contribution is -0.146. The van der Waals surface area contributed by atoms with Crippen LogP contribution in [0, 0.1) is 23.2 Å². The van der Waals surface area contributed by atoms with Crippen molar-refractivity contribution in [1.29, 1.82) is 0 Å². The van der Waals surface area contributed by atoms with Crippen molar-refractivity contribution < 1.29 is 19.1 Å². The second-order valence-corrected chi connectivity index (χ2v) is 11.8. The molecule has 0 spiro atoms. The number of fused-ring (bicyclic) bond motifs is 1. The van der Waals surface area contributed by atoms with Crippen LogP contribution in [0.3, 0.4) is 0 Å². The Hall–Kier alpha value is -2.50. The minimum atomic E-state index is -0.401. The van der Waals surface area contributed by atoms with E-state index in [1.807, 2.05) is 23.1 Å². The zero-order valence-electron chi connectivity index (χ0n) is 22.2. The van der Waals surface area contributed by atoms with Crippen LogP contribution in [0.25, 0.3) is 0 Å². The van der Waals surface area contributed by atoms with Crippen LogP contribution in [0.4, 0.5) is 0 Å². The largest absolute Gasteiger partial charge is 0.493 e. The quantitative estimate of drug-likeness (QED) is 0.476. The summed E-state index contributed by atoms with van der Waals surface area (Å²) in [4.78, 5) is 28.0. The van der Waals surface area contributed by atoms with Gasteiger partial charge in [0.15, 0.2) is 11.5 Å². The Balaban J connectivity index is 1.25. The highest BCUT2D eigenvalue weighted by atomic mass is 16.5. The van der Waals surface area contributed by atoms with Gasteiger partial charge in [0, 0.05) is 25.4 Å².